The van der Waals surface area contributed by atoms with Crippen molar-refractivity contribution in [2.75, 3.05) is 20.1 Å². The van der Waals surface area contributed by atoms with E-state index in [9.17, 15) is 9.18 Å². The van der Waals surface area contributed by atoms with Gasteiger partial charge in [0.25, 0.3) is 0 Å². The third-order valence-electron chi connectivity index (χ3n) is 3.91. The standard InChI is InChI=1S/C20H25FN4O/c1-15-8-9-17(12-18(15)21)13-24-20(22-2)25-14-19(26)23-11-10-16-6-4-3-5-7-16/h3-9,12H,10-11,13-14H2,1-2H3,(H,23,26)(H2,22,24,25). The zero-order valence-electron chi connectivity index (χ0n) is 15.2. The second-order valence-corrected chi connectivity index (χ2v) is 5.95. The number of rotatable bonds is 7. The van der Waals surface area contributed by atoms with Gasteiger partial charge in [-0.2, -0.15) is 0 Å². The van der Waals surface area contributed by atoms with E-state index in [1.165, 1.54) is 11.6 Å². The molecule has 26 heavy (non-hydrogen) atoms. The minimum absolute atomic E-state index is 0.106. The molecule has 138 valence electrons. The molecule has 1 amide bonds. The van der Waals surface area contributed by atoms with E-state index >= 15 is 0 Å². The van der Waals surface area contributed by atoms with Gasteiger partial charge in [0.1, 0.15) is 5.82 Å². The first-order valence-electron chi connectivity index (χ1n) is 8.58. The molecule has 0 aliphatic carbocycles. The van der Waals surface area contributed by atoms with Gasteiger partial charge in [0.05, 0.1) is 6.54 Å². The molecular weight excluding hydrogens is 331 g/mol. The van der Waals surface area contributed by atoms with Crippen LogP contribution < -0.4 is 16.0 Å². The lowest BCUT2D eigenvalue weighted by Gasteiger charge is -2.12. The van der Waals surface area contributed by atoms with Crippen LogP contribution >= 0.6 is 0 Å². The molecule has 2 rings (SSSR count). The summed E-state index contributed by atoms with van der Waals surface area (Å²) in [6.45, 7) is 2.85. The molecule has 0 atom stereocenters. The van der Waals surface area contributed by atoms with Crippen molar-refractivity contribution in [3.8, 4) is 0 Å². The van der Waals surface area contributed by atoms with Gasteiger partial charge in [-0.15, -0.1) is 0 Å². The normalized spacial score (nSPS) is 11.1. The molecular formula is C20H25FN4O. The molecule has 0 saturated heterocycles. The van der Waals surface area contributed by atoms with Gasteiger partial charge in [-0.05, 0) is 36.1 Å². The minimum Gasteiger partial charge on any atom is -0.354 e. The van der Waals surface area contributed by atoms with E-state index in [1.807, 2.05) is 36.4 Å². The Morgan fingerprint density at radius 1 is 1.04 bits per heavy atom. The fourth-order valence-corrected chi connectivity index (χ4v) is 2.37. The molecule has 2 aromatic carbocycles. The van der Waals surface area contributed by atoms with Crippen LogP contribution in [0, 0.1) is 12.7 Å². The van der Waals surface area contributed by atoms with Gasteiger partial charge >= 0.3 is 0 Å². The summed E-state index contributed by atoms with van der Waals surface area (Å²) in [5.41, 5.74) is 2.61. The summed E-state index contributed by atoms with van der Waals surface area (Å²) in [4.78, 5) is 16.0. The maximum atomic E-state index is 13.6. The number of carbonyl (C=O) groups is 1. The predicted octanol–water partition coefficient (Wildman–Crippen LogP) is 2.16. The van der Waals surface area contributed by atoms with Crippen molar-refractivity contribution in [3.05, 3.63) is 71.0 Å². The van der Waals surface area contributed by atoms with Crippen LogP contribution in [0.15, 0.2) is 53.5 Å². The number of aliphatic imine (C=N–C) groups is 1. The van der Waals surface area contributed by atoms with Gasteiger partial charge < -0.3 is 16.0 Å². The maximum absolute atomic E-state index is 13.6. The number of hydrogen-bond acceptors (Lipinski definition) is 2. The summed E-state index contributed by atoms with van der Waals surface area (Å²) in [6, 6.07) is 15.1. The minimum atomic E-state index is -0.231. The van der Waals surface area contributed by atoms with Crippen LogP contribution in [0.1, 0.15) is 16.7 Å². The van der Waals surface area contributed by atoms with Crippen molar-refractivity contribution in [1.29, 1.82) is 0 Å². The van der Waals surface area contributed by atoms with Crippen LogP contribution in [0.25, 0.3) is 0 Å². The Kier molecular flexibility index (Phi) is 7.61. The van der Waals surface area contributed by atoms with E-state index in [1.54, 1.807) is 20.0 Å². The predicted molar refractivity (Wildman–Crippen MR) is 102 cm³/mol. The maximum Gasteiger partial charge on any atom is 0.239 e. The molecule has 3 N–H and O–H groups in total. The SMILES string of the molecule is CN=C(NCC(=O)NCCc1ccccc1)NCc1ccc(C)c(F)c1. The smallest absolute Gasteiger partial charge is 0.239 e. The molecule has 6 heteroatoms. The van der Waals surface area contributed by atoms with Crippen LogP contribution in [0.4, 0.5) is 4.39 Å². The number of hydrogen-bond donors (Lipinski definition) is 3. The van der Waals surface area contributed by atoms with Crippen LogP contribution in [0.2, 0.25) is 0 Å². The van der Waals surface area contributed by atoms with Gasteiger partial charge in [-0.1, -0.05) is 42.5 Å². The summed E-state index contributed by atoms with van der Waals surface area (Å²) in [5, 5.41) is 8.87. The number of nitrogens with one attached hydrogen (secondary N) is 3. The zero-order valence-corrected chi connectivity index (χ0v) is 15.2. The van der Waals surface area contributed by atoms with E-state index in [2.05, 4.69) is 20.9 Å². The average Bonchev–Trinajstić information content (AvgIpc) is 2.65. The van der Waals surface area contributed by atoms with Gasteiger partial charge in [-0.25, -0.2) is 4.39 Å². The lowest BCUT2D eigenvalue weighted by Crippen LogP contribution is -2.43. The monoisotopic (exact) mass is 356 g/mol. The van der Waals surface area contributed by atoms with Crippen LogP contribution in [0.5, 0.6) is 0 Å². The summed E-state index contributed by atoms with van der Waals surface area (Å²) >= 11 is 0. The molecule has 0 saturated carbocycles. The highest BCUT2D eigenvalue weighted by atomic mass is 19.1. The van der Waals surface area contributed by atoms with Gasteiger partial charge in [0.2, 0.25) is 5.91 Å². The molecule has 0 radical (unpaired) electrons. The van der Waals surface area contributed by atoms with Crippen molar-refractivity contribution in [2.24, 2.45) is 4.99 Å². The largest absolute Gasteiger partial charge is 0.354 e. The van der Waals surface area contributed by atoms with Crippen molar-refractivity contribution in [3.63, 3.8) is 0 Å². The van der Waals surface area contributed by atoms with Crippen molar-refractivity contribution in [1.82, 2.24) is 16.0 Å². The van der Waals surface area contributed by atoms with Gasteiger partial charge in [0, 0.05) is 20.1 Å². The lowest BCUT2D eigenvalue weighted by molar-refractivity contribution is -0.119. The summed E-state index contributed by atoms with van der Waals surface area (Å²) in [5.74, 6) is 0.152. The Morgan fingerprint density at radius 3 is 2.50 bits per heavy atom. The van der Waals surface area contributed by atoms with E-state index in [-0.39, 0.29) is 18.3 Å². The van der Waals surface area contributed by atoms with Crippen LogP contribution in [-0.4, -0.2) is 32.0 Å². The molecule has 0 spiro atoms. The fraction of sp³-hybridized carbons (Fsp3) is 0.300. The van der Waals surface area contributed by atoms with Crippen LogP contribution in [0.3, 0.4) is 0 Å². The summed E-state index contributed by atoms with van der Waals surface area (Å²) in [6.07, 6.45) is 0.790. The third-order valence-corrected chi connectivity index (χ3v) is 3.91. The Bertz CT molecular complexity index is 747. The van der Waals surface area contributed by atoms with Crippen LogP contribution in [-0.2, 0) is 17.8 Å². The zero-order chi connectivity index (χ0) is 18.8. The molecule has 0 aromatic heterocycles. The van der Waals surface area contributed by atoms with Crippen molar-refractivity contribution in [2.45, 2.75) is 19.9 Å². The molecule has 0 aliphatic rings. The first kappa shape index (κ1) is 19.4. The molecule has 0 heterocycles. The molecule has 0 unspecified atom stereocenters. The van der Waals surface area contributed by atoms with E-state index in [4.69, 9.17) is 0 Å². The molecule has 0 bridgehead atoms. The molecule has 0 aliphatic heterocycles. The Labute approximate surface area is 153 Å². The van der Waals surface area contributed by atoms with E-state index < -0.39 is 0 Å². The van der Waals surface area contributed by atoms with Crippen molar-refractivity contribution < 1.29 is 9.18 Å². The number of carbonyl (C=O) groups excluding carboxylic acids is 1. The fourth-order valence-electron chi connectivity index (χ4n) is 2.37. The Morgan fingerprint density at radius 2 is 1.81 bits per heavy atom. The lowest BCUT2D eigenvalue weighted by atomic mass is 10.1. The summed E-state index contributed by atoms with van der Waals surface area (Å²) < 4.78 is 13.6. The number of aryl methyl sites for hydroxylation is 1. The highest BCUT2D eigenvalue weighted by Gasteiger charge is 2.04. The Balaban J connectivity index is 1.68. The second kappa shape index (κ2) is 10.2. The van der Waals surface area contributed by atoms with E-state index in [0.717, 1.165) is 12.0 Å². The Hall–Kier alpha value is -2.89. The quantitative estimate of drug-likeness (QED) is 0.526. The first-order chi connectivity index (χ1) is 12.6. The topological polar surface area (TPSA) is 65.5 Å². The number of nitrogens with zero attached hydrogens (tertiary/aromatic N) is 1. The number of halogens is 1. The molecule has 0 fully saturated rings. The van der Waals surface area contributed by atoms with Crippen molar-refractivity contribution >= 4 is 11.9 Å². The molecule has 5 nitrogen and oxygen atoms in total. The number of benzene rings is 2. The molecule has 2 aromatic rings. The first-order valence-corrected chi connectivity index (χ1v) is 8.58. The average molecular weight is 356 g/mol. The second-order valence-electron chi connectivity index (χ2n) is 5.95. The highest BCUT2D eigenvalue weighted by Crippen LogP contribution is 2.08. The summed E-state index contributed by atoms with van der Waals surface area (Å²) in [7, 11) is 1.62. The van der Waals surface area contributed by atoms with Gasteiger partial charge in [-0.3, -0.25) is 9.79 Å². The third kappa shape index (κ3) is 6.55. The van der Waals surface area contributed by atoms with Gasteiger partial charge in [0.15, 0.2) is 5.96 Å². The van der Waals surface area contributed by atoms with E-state index in [0.29, 0.717) is 24.6 Å². The highest BCUT2D eigenvalue weighted by molar-refractivity contribution is 5.86. The number of amides is 1. The number of guanidine groups is 1.